The zero-order valence-electron chi connectivity index (χ0n) is 12.1. The minimum absolute atomic E-state index is 0.265. The van der Waals surface area contributed by atoms with Crippen LogP contribution in [0.2, 0.25) is 0 Å². The molecule has 0 saturated carbocycles. The molecule has 2 aromatic carbocycles. The van der Waals surface area contributed by atoms with Crippen LogP contribution in [0.25, 0.3) is 0 Å². The zero-order chi connectivity index (χ0) is 14.7. The molecule has 0 aliphatic rings. The Morgan fingerprint density at radius 1 is 1.15 bits per heavy atom. The van der Waals surface area contributed by atoms with E-state index in [-0.39, 0.29) is 11.9 Å². The monoisotopic (exact) mass is 273 g/mol. The number of rotatable bonds is 4. The molecule has 3 heteroatoms. The third-order valence-electron chi connectivity index (χ3n) is 3.48. The lowest BCUT2D eigenvalue weighted by Gasteiger charge is -2.16. The smallest absolute Gasteiger partial charge is 0.124 e. The molecule has 0 spiro atoms. The van der Waals surface area contributed by atoms with E-state index in [0.29, 0.717) is 17.9 Å². The first-order valence-electron chi connectivity index (χ1n) is 6.72. The molecule has 20 heavy (non-hydrogen) atoms. The lowest BCUT2D eigenvalue weighted by molar-refractivity contribution is 0.299. The molecule has 1 unspecified atom stereocenters. The zero-order valence-corrected chi connectivity index (χ0v) is 12.1. The normalized spacial score (nSPS) is 12.2. The van der Waals surface area contributed by atoms with Gasteiger partial charge >= 0.3 is 0 Å². The quantitative estimate of drug-likeness (QED) is 0.912. The van der Waals surface area contributed by atoms with Gasteiger partial charge in [-0.05, 0) is 55.7 Å². The lowest BCUT2D eigenvalue weighted by atomic mass is 10.0. The highest BCUT2D eigenvalue weighted by atomic mass is 19.1. The van der Waals surface area contributed by atoms with Gasteiger partial charge in [-0.1, -0.05) is 18.2 Å². The van der Waals surface area contributed by atoms with Gasteiger partial charge in [0.2, 0.25) is 0 Å². The van der Waals surface area contributed by atoms with Crippen molar-refractivity contribution in [1.82, 2.24) is 0 Å². The first-order chi connectivity index (χ1) is 9.49. The summed E-state index contributed by atoms with van der Waals surface area (Å²) in [6.07, 6.45) is 0. The van der Waals surface area contributed by atoms with Crippen molar-refractivity contribution in [1.29, 1.82) is 0 Å². The Morgan fingerprint density at radius 3 is 2.40 bits per heavy atom. The first-order valence-corrected chi connectivity index (χ1v) is 6.72. The molecule has 0 aliphatic heterocycles. The maximum atomic E-state index is 13.3. The number of aryl methyl sites for hydroxylation is 2. The fourth-order valence-electron chi connectivity index (χ4n) is 2.23. The van der Waals surface area contributed by atoms with Crippen molar-refractivity contribution in [3.05, 3.63) is 64.5 Å². The van der Waals surface area contributed by atoms with E-state index in [2.05, 4.69) is 26.0 Å². The Morgan fingerprint density at radius 2 is 1.80 bits per heavy atom. The van der Waals surface area contributed by atoms with Crippen LogP contribution in [0, 0.1) is 19.7 Å². The van der Waals surface area contributed by atoms with Crippen LogP contribution in [0.5, 0.6) is 5.75 Å². The van der Waals surface area contributed by atoms with Crippen LogP contribution < -0.4 is 10.5 Å². The van der Waals surface area contributed by atoms with Crippen molar-refractivity contribution in [3.8, 4) is 5.75 Å². The summed E-state index contributed by atoms with van der Waals surface area (Å²) in [6, 6.07) is 10.3. The van der Waals surface area contributed by atoms with Crippen molar-refractivity contribution in [2.45, 2.75) is 33.4 Å². The Balaban J connectivity index is 2.23. The fourth-order valence-corrected chi connectivity index (χ4v) is 2.23. The van der Waals surface area contributed by atoms with Crippen LogP contribution in [0.3, 0.4) is 0 Å². The Kier molecular flexibility index (Phi) is 4.40. The molecule has 2 rings (SSSR count). The van der Waals surface area contributed by atoms with Gasteiger partial charge < -0.3 is 10.5 Å². The SMILES string of the molecule is Cc1cccc(C)c1COc1ccc(F)cc1C(C)N. The molecule has 2 N–H and O–H groups in total. The third kappa shape index (κ3) is 3.17. The van der Waals surface area contributed by atoms with Gasteiger partial charge in [0.15, 0.2) is 0 Å². The van der Waals surface area contributed by atoms with E-state index in [1.54, 1.807) is 6.07 Å². The Bertz CT molecular complexity index is 588. The summed E-state index contributed by atoms with van der Waals surface area (Å²) in [5.41, 5.74) is 10.1. The van der Waals surface area contributed by atoms with E-state index in [0.717, 1.165) is 5.56 Å². The van der Waals surface area contributed by atoms with E-state index in [1.807, 2.05) is 13.0 Å². The van der Waals surface area contributed by atoms with Crippen molar-refractivity contribution in [2.24, 2.45) is 5.73 Å². The molecular weight excluding hydrogens is 253 g/mol. The predicted molar refractivity (Wildman–Crippen MR) is 79.3 cm³/mol. The van der Waals surface area contributed by atoms with Crippen LogP contribution in [-0.2, 0) is 6.61 Å². The van der Waals surface area contributed by atoms with E-state index < -0.39 is 0 Å². The van der Waals surface area contributed by atoms with Gasteiger partial charge in [-0.25, -0.2) is 4.39 Å². The first kappa shape index (κ1) is 14.5. The van der Waals surface area contributed by atoms with Crippen LogP contribution in [-0.4, -0.2) is 0 Å². The summed E-state index contributed by atoms with van der Waals surface area (Å²) in [7, 11) is 0. The average molecular weight is 273 g/mol. The highest BCUT2D eigenvalue weighted by Gasteiger charge is 2.11. The largest absolute Gasteiger partial charge is 0.489 e. The minimum atomic E-state index is -0.295. The summed E-state index contributed by atoms with van der Waals surface area (Å²) >= 11 is 0. The third-order valence-corrected chi connectivity index (χ3v) is 3.48. The molecule has 0 saturated heterocycles. The van der Waals surface area contributed by atoms with Crippen LogP contribution in [0.1, 0.15) is 35.2 Å². The van der Waals surface area contributed by atoms with E-state index in [9.17, 15) is 4.39 Å². The van der Waals surface area contributed by atoms with Crippen LogP contribution in [0.4, 0.5) is 4.39 Å². The Hall–Kier alpha value is -1.87. The molecule has 0 radical (unpaired) electrons. The number of hydrogen-bond donors (Lipinski definition) is 1. The lowest BCUT2D eigenvalue weighted by Crippen LogP contribution is -2.09. The van der Waals surface area contributed by atoms with Crippen molar-refractivity contribution >= 4 is 0 Å². The average Bonchev–Trinajstić information content (AvgIpc) is 2.39. The van der Waals surface area contributed by atoms with Gasteiger partial charge in [0.25, 0.3) is 0 Å². The number of ether oxygens (including phenoxy) is 1. The van der Waals surface area contributed by atoms with Gasteiger partial charge in [-0.15, -0.1) is 0 Å². The molecule has 0 heterocycles. The minimum Gasteiger partial charge on any atom is -0.489 e. The second-order valence-electron chi connectivity index (χ2n) is 5.13. The van der Waals surface area contributed by atoms with E-state index in [4.69, 9.17) is 10.5 Å². The fraction of sp³-hybridized carbons (Fsp3) is 0.294. The van der Waals surface area contributed by atoms with Gasteiger partial charge in [0, 0.05) is 11.6 Å². The molecule has 0 fully saturated rings. The van der Waals surface area contributed by atoms with E-state index in [1.165, 1.54) is 23.3 Å². The van der Waals surface area contributed by atoms with Crippen molar-refractivity contribution in [2.75, 3.05) is 0 Å². The van der Waals surface area contributed by atoms with Gasteiger partial charge in [0.05, 0.1) is 0 Å². The molecule has 1 atom stereocenters. The predicted octanol–water partition coefficient (Wildman–Crippen LogP) is 4.04. The maximum Gasteiger partial charge on any atom is 0.124 e. The Labute approximate surface area is 119 Å². The van der Waals surface area contributed by atoms with Crippen LogP contribution in [0.15, 0.2) is 36.4 Å². The van der Waals surface area contributed by atoms with Crippen LogP contribution >= 0.6 is 0 Å². The summed E-state index contributed by atoms with van der Waals surface area (Å²) in [5.74, 6) is 0.348. The molecule has 2 aromatic rings. The number of hydrogen-bond acceptors (Lipinski definition) is 2. The summed E-state index contributed by atoms with van der Waals surface area (Å²) in [4.78, 5) is 0. The molecule has 0 amide bonds. The van der Waals surface area contributed by atoms with Crippen molar-refractivity contribution < 1.29 is 9.13 Å². The number of nitrogens with two attached hydrogens (primary N) is 1. The second-order valence-corrected chi connectivity index (χ2v) is 5.13. The molecule has 0 aliphatic carbocycles. The highest BCUT2D eigenvalue weighted by Crippen LogP contribution is 2.26. The molecule has 0 bridgehead atoms. The molecular formula is C17H20FNO. The van der Waals surface area contributed by atoms with Crippen molar-refractivity contribution in [3.63, 3.8) is 0 Å². The molecule has 0 aromatic heterocycles. The molecule has 2 nitrogen and oxygen atoms in total. The van der Waals surface area contributed by atoms with Gasteiger partial charge in [0.1, 0.15) is 18.2 Å². The van der Waals surface area contributed by atoms with E-state index >= 15 is 0 Å². The number of benzene rings is 2. The highest BCUT2D eigenvalue weighted by molar-refractivity contribution is 5.38. The summed E-state index contributed by atoms with van der Waals surface area (Å²) in [6.45, 7) is 6.40. The van der Waals surface area contributed by atoms with Gasteiger partial charge in [-0.3, -0.25) is 0 Å². The summed E-state index contributed by atoms with van der Waals surface area (Å²) < 4.78 is 19.1. The van der Waals surface area contributed by atoms with Gasteiger partial charge in [-0.2, -0.15) is 0 Å². The summed E-state index contributed by atoms with van der Waals surface area (Å²) in [5, 5.41) is 0. The second kappa shape index (κ2) is 6.06. The standard InChI is InChI=1S/C17H20FNO/c1-11-5-4-6-12(2)16(11)10-20-17-8-7-14(18)9-15(17)13(3)19/h4-9,13H,10,19H2,1-3H3. The topological polar surface area (TPSA) is 35.2 Å². The maximum absolute atomic E-state index is 13.3. The molecule has 106 valence electrons. The number of halogens is 1.